The van der Waals surface area contributed by atoms with E-state index in [9.17, 15) is 9.59 Å². The Morgan fingerprint density at radius 2 is 1.67 bits per heavy atom. The number of ether oxygens (including phenoxy) is 1. The van der Waals surface area contributed by atoms with Crippen LogP contribution in [-0.2, 0) is 11.3 Å². The predicted octanol–water partition coefficient (Wildman–Crippen LogP) is 5.13. The van der Waals surface area contributed by atoms with E-state index < -0.39 is 11.8 Å². The third-order valence-electron chi connectivity index (χ3n) is 5.22. The Hall–Kier alpha value is -3.83. The Bertz CT molecular complexity index is 1220. The van der Waals surface area contributed by atoms with Gasteiger partial charge < -0.3 is 15.4 Å². The lowest BCUT2D eigenvalue weighted by molar-refractivity contribution is -0.118. The second-order valence-electron chi connectivity index (χ2n) is 7.63. The van der Waals surface area contributed by atoms with E-state index in [1.807, 2.05) is 67.6 Å². The molecule has 1 aliphatic heterocycles. The molecule has 2 amide bonds. The molecule has 0 bridgehead atoms. The number of rotatable bonds is 6. The van der Waals surface area contributed by atoms with E-state index in [-0.39, 0.29) is 11.8 Å². The van der Waals surface area contributed by atoms with Gasteiger partial charge in [0, 0.05) is 22.7 Å². The molecule has 0 saturated carbocycles. The molecule has 0 aromatic heterocycles. The molecule has 4 rings (SSSR count). The molecule has 33 heavy (non-hydrogen) atoms. The van der Waals surface area contributed by atoms with Gasteiger partial charge in [-0.2, -0.15) is 0 Å². The molecule has 0 radical (unpaired) electrons. The van der Waals surface area contributed by atoms with Crippen molar-refractivity contribution in [2.75, 3.05) is 0 Å². The standard InChI is InChI=1S/C27H23ClN2O3/c1-18-22(15-21-9-5-6-10-25(21)33-18)16-24(27(32)29-17-19-7-3-2-4-8-19)30-26(31)20-11-13-23(28)14-12-20/h2-16,18H,17H2,1H3,(H,29,32)(H,30,31)/b24-16-/t18-/m1/s1. The van der Waals surface area contributed by atoms with Crippen LogP contribution in [0.2, 0.25) is 5.02 Å². The Labute approximate surface area is 197 Å². The average Bonchev–Trinajstić information content (AvgIpc) is 2.83. The molecule has 6 heteroatoms. The number of hydrogen-bond acceptors (Lipinski definition) is 3. The van der Waals surface area contributed by atoms with Crippen LogP contribution in [0.4, 0.5) is 0 Å². The van der Waals surface area contributed by atoms with Gasteiger partial charge in [-0.1, -0.05) is 60.1 Å². The molecular weight excluding hydrogens is 436 g/mol. The summed E-state index contributed by atoms with van der Waals surface area (Å²) in [6.07, 6.45) is 3.33. The number of carbonyl (C=O) groups is 2. The van der Waals surface area contributed by atoms with Gasteiger partial charge in [0.05, 0.1) is 0 Å². The van der Waals surface area contributed by atoms with Crippen molar-refractivity contribution in [3.05, 3.63) is 118 Å². The van der Waals surface area contributed by atoms with Crippen molar-refractivity contribution in [3.63, 3.8) is 0 Å². The number of carbonyl (C=O) groups excluding carboxylic acids is 2. The van der Waals surface area contributed by atoms with Gasteiger partial charge in [-0.15, -0.1) is 0 Å². The third kappa shape index (κ3) is 5.70. The normalized spacial score (nSPS) is 15.0. The van der Waals surface area contributed by atoms with Crippen molar-refractivity contribution in [3.8, 4) is 5.75 Å². The molecule has 1 heterocycles. The van der Waals surface area contributed by atoms with Gasteiger partial charge in [0.25, 0.3) is 11.8 Å². The zero-order valence-electron chi connectivity index (χ0n) is 18.0. The fourth-order valence-electron chi connectivity index (χ4n) is 3.42. The maximum atomic E-state index is 13.1. The maximum absolute atomic E-state index is 13.1. The fourth-order valence-corrected chi connectivity index (χ4v) is 3.54. The van der Waals surface area contributed by atoms with Crippen molar-refractivity contribution in [2.24, 2.45) is 0 Å². The van der Waals surface area contributed by atoms with E-state index in [4.69, 9.17) is 16.3 Å². The second-order valence-corrected chi connectivity index (χ2v) is 8.07. The molecule has 1 aliphatic rings. The molecule has 0 unspecified atom stereocenters. The topological polar surface area (TPSA) is 67.4 Å². The van der Waals surface area contributed by atoms with Crippen LogP contribution < -0.4 is 15.4 Å². The lowest BCUT2D eigenvalue weighted by Crippen LogP contribution is -2.35. The Morgan fingerprint density at radius 3 is 2.42 bits per heavy atom. The van der Waals surface area contributed by atoms with Gasteiger partial charge in [-0.05, 0) is 60.5 Å². The van der Waals surface area contributed by atoms with E-state index >= 15 is 0 Å². The average molecular weight is 459 g/mol. The summed E-state index contributed by atoms with van der Waals surface area (Å²) in [5.74, 6) is -0.0197. The van der Waals surface area contributed by atoms with Crippen molar-refractivity contribution in [1.82, 2.24) is 10.6 Å². The van der Waals surface area contributed by atoms with Crippen LogP contribution in [0, 0.1) is 0 Å². The summed E-state index contributed by atoms with van der Waals surface area (Å²) in [5.41, 5.74) is 3.17. The Balaban J connectivity index is 1.61. The molecule has 5 nitrogen and oxygen atoms in total. The first-order valence-electron chi connectivity index (χ1n) is 10.6. The summed E-state index contributed by atoms with van der Waals surface area (Å²) in [5, 5.41) is 6.16. The largest absolute Gasteiger partial charge is 0.485 e. The highest BCUT2D eigenvalue weighted by Crippen LogP contribution is 2.30. The lowest BCUT2D eigenvalue weighted by Gasteiger charge is -2.23. The van der Waals surface area contributed by atoms with Crippen LogP contribution in [0.1, 0.15) is 28.4 Å². The number of benzene rings is 3. The highest BCUT2D eigenvalue weighted by Gasteiger charge is 2.21. The van der Waals surface area contributed by atoms with Crippen LogP contribution in [0.25, 0.3) is 6.08 Å². The molecular formula is C27H23ClN2O3. The zero-order valence-corrected chi connectivity index (χ0v) is 18.8. The van der Waals surface area contributed by atoms with Crippen molar-refractivity contribution >= 4 is 29.5 Å². The first-order chi connectivity index (χ1) is 16.0. The molecule has 0 fully saturated rings. The van der Waals surface area contributed by atoms with Crippen LogP contribution in [0.3, 0.4) is 0 Å². The number of fused-ring (bicyclic) bond motifs is 1. The van der Waals surface area contributed by atoms with E-state index in [0.29, 0.717) is 17.1 Å². The highest BCUT2D eigenvalue weighted by molar-refractivity contribution is 6.30. The summed E-state index contributed by atoms with van der Waals surface area (Å²) in [6, 6.07) is 23.7. The quantitative estimate of drug-likeness (QED) is 0.503. The van der Waals surface area contributed by atoms with Gasteiger partial charge in [-0.25, -0.2) is 0 Å². The van der Waals surface area contributed by atoms with Crippen LogP contribution >= 0.6 is 11.6 Å². The number of para-hydroxylation sites is 1. The maximum Gasteiger partial charge on any atom is 0.268 e. The second kappa shape index (κ2) is 10.2. The Kier molecular flexibility index (Phi) is 6.91. The predicted molar refractivity (Wildman–Crippen MR) is 130 cm³/mol. The fraction of sp³-hybridized carbons (Fsp3) is 0.111. The molecule has 0 aliphatic carbocycles. The van der Waals surface area contributed by atoms with Crippen LogP contribution in [0.5, 0.6) is 5.75 Å². The Morgan fingerprint density at radius 1 is 0.970 bits per heavy atom. The van der Waals surface area contributed by atoms with Gasteiger partial charge in [0.1, 0.15) is 17.6 Å². The zero-order chi connectivity index (χ0) is 23.2. The van der Waals surface area contributed by atoms with Gasteiger partial charge in [-0.3, -0.25) is 9.59 Å². The van der Waals surface area contributed by atoms with Crippen LogP contribution in [0.15, 0.2) is 96.2 Å². The molecule has 2 N–H and O–H groups in total. The monoisotopic (exact) mass is 458 g/mol. The minimum absolute atomic E-state index is 0.131. The smallest absolute Gasteiger partial charge is 0.268 e. The first-order valence-corrected chi connectivity index (χ1v) is 11.0. The SMILES string of the molecule is C[C@H]1Oc2ccccc2C=C1/C=C(\NC(=O)c1ccc(Cl)cc1)C(=O)NCc1ccccc1. The molecule has 3 aromatic rings. The minimum Gasteiger partial charge on any atom is -0.485 e. The van der Waals surface area contributed by atoms with Gasteiger partial charge >= 0.3 is 0 Å². The minimum atomic E-state index is -0.404. The molecule has 3 aromatic carbocycles. The molecule has 0 spiro atoms. The van der Waals surface area contributed by atoms with E-state index in [1.54, 1.807) is 30.3 Å². The number of hydrogen-bond donors (Lipinski definition) is 2. The number of nitrogens with one attached hydrogen (secondary N) is 2. The van der Waals surface area contributed by atoms with E-state index in [1.165, 1.54) is 0 Å². The van der Waals surface area contributed by atoms with Crippen molar-refractivity contribution in [1.29, 1.82) is 0 Å². The summed E-state index contributed by atoms with van der Waals surface area (Å²) in [7, 11) is 0. The molecule has 1 atom stereocenters. The van der Waals surface area contributed by atoms with E-state index in [2.05, 4.69) is 10.6 Å². The number of halogens is 1. The first kappa shape index (κ1) is 22.4. The summed E-state index contributed by atoms with van der Waals surface area (Å²) >= 11 is 5.93. The number of amides is 2. The molecule has 166 valence electrons. The van der Waals surface area contributed by atoms with E-state index in [0.717, 1.165) is 22.4 Å². The lowest BCUT2D eigenvalue weighted by atomic mass is 10.0. The van der Waals surface area contributed by atoms with Gasteiger partial charge in [0.2, 0.25) is 0 Å². The van der Waals surface area contributed by atoms with Gasteiger partial charge in [0.15, 0.2) is 0 Å². The summed E-state index contributed by atoms with van der Waals surface area (Å²) < 4.78 is 5.99. The highest BCUT2D eigenvalue weighted by atomic mass is 35.5. The molecule has 0 saturated heterocycles. The van der Waals surface area contributed by atoms with Crippen molar-refractivity contribution in [2.45, 2.75) is 19.6 Å². The summed E-state index contributed by atoms with van der Waals surface area (Å²) in [6.45, 7) is 2.24. The van der Waals surface area contributed by atoms with Crippen molar-refractivity contribution < 1.29 is 14.3 Å². The third-order valence-corrected chi connectivity index (χ3v) is 5.47. The van der Waals surface area contributed by atoms with Crippen LogP contribution in [-0.4, -0.2) is 17.9 Å². The summed E-state index contributed by atoms with van der Waals surface area (Å²) in [4.78, 5) is 25.9.